The van der Waals surface area contributed by atoms with Crippen LogP contribution in [-0.2, 0) is 0 Å². The van der Waals surface area contributed by atoms with Gasteiger partial charge in [-0.1, -0.05) is 18.2 Å². The number of hydrogen-bond acceptors (Lipinski definition) is 2. The van der Waals surface area contributed by atoms with Crippen LogP contribution in [0.15, 0.2) is 48.5 Å². The summed E-state index contributed by atoms with van der Waals surface area (Å²) in [6.07, 6.45) is 0. The second-order valence-corrected chi connectivity index (χ2v) is 5.65. The average Bonchev–Trinajstić information content (AvgIpc) is 2.86. The molecule has 0 spiro atoms. The number of aryl methyl sites for hydroxylation is 1. The first-order valence-electron chi connectivity index (χ1n) is 6.19. The summed E-state index contributed by atoms with van der Waals surface area (Å²) in [6, 6.07) is 14.1. The van der Waals surface area contributed by atoms with Crippen molar-refractivity contribution < 1.29 is 9.18 Å². The topological polar surface area (TPSA) is 29.1 Å². The van der Waals surface area contributed by atoms with E-state index in [1.807, 2.05) is 30.3 Å². The van der Waals surface area contributed by atoms with Crippen LogP contribution in [0.2, 0.25) is 0 Å². The number of benzene rings is 2. The van der Waals surface area contributed by atoms with E-state index >= 15 is 0 Å². The Morgan fingerprint density at radius 1 is 1.15 bits per heavy atom. The van der Waals surface area contributed by atoms with Crippen LogP contribution in [0.25, 0.3) is 10.1 Å². The highest BCUT2D eigenvalue weighted by Gasteiger charge is 2.11. The summed E-state index contributed by atoms with van der Waals surface area (Å²) in [5.74, 6) is -0.469. The Morgan fingerprint density at radius 3 is 2.70 bits per heavy atom. The van der Waals surface area contributed by atoms with Crippen LogP contribution in [0.3, 0.4) is 0 Å². The number of amides is 1. The average molecular weight is 285 g/mol. The molecule has 0 aliphatic heterocycles. The third-order valence-electron chi connectivity index (χ3n) is 3.09. The Hall–Kier alpha value is -2.20. The monoisotopic (exact) mass is 285 g/mol. The molecule has 3 aromatic rings. The predicted octanol–water partition coefficient (Wildman–Crippen LogP) is 4.60. The molecule has 0 radical (unpaired) electrons. The van der Waals surface area contributed by atoms with E-state index in [1.165, 1.54) is 23.5 Å². The molecule has 0 saturated heterocycles. The highest BCUT2D eigenvalue weighted by molar-refractivity contribution is 7.20. The van der Waals surface area contributed by atoms with E-state index in [1.54, 1.807) is 13.0 Å². The molecule has 0 saturated carbocycles. The molecule has 1 heterocycles. The lowest BCUT2D eigenvalue weighted by atomic mass is 10.2. The Kier molecular flexibility index (Phi) is 3.24. The maximum Gasteiger partial charge on any atom is 0.265 e. The van der Waals surface area contributed by atoms with Crippen molar-refractivity contribution in [2.75, 3.05) is 5.32 Å². The van der Waals surface area contributed by atoms with Gasteiger partial charge in [0.15, 0.2) is 0 Å². The Balaban J connectivity index is 1.89. The fourth-order valence-electron chi connectivity index (χ4n) is 2.05. The number of halogens is 1. The molecule has 1 aromatic heterocycles. The number of carbonyl (C=O) groups excluding carboxylic acids is 1. The number of thiophene rings is 1. The van der Waals surface area contributed by atoms with Crippen LogP contribution in [0.4, 0.5) is 10.1 Å². The smallest absolute Gasteiger partial charge is 0.265 e. The molecule has 2 aromatic carbocycles. The number of hydrogen-bond donors (Lipinski definition) is 1. The van der Waals surface area contributed by atoms with Crippen molar-refractivity contribution in [2.45, 2.75) is 6.92 Å². The number of rotatable bonds is 2. The minimum absolute atomic E-state index is 0.166. The molecule has 0 bridgehead atoms. The molecule has 1 N–H and O–H groups in total. The van der Waals surface area contributed by atoms with Gasteiger partial charge in [0, 0.05) is 10.4 Å². The molecule has 0 fully saturated rings. The molecule has 20 heavy (non-hydrogen) atoms. The molecular weight excluding hydrogens is 273 g/mol. The van der Waals surface area contributed by atoms with E-state index in [0.29, 0.717) is 16.1 Å². The van der Waals surface area contributed by atoms with Crippen LogP contribution in [0, 0.1) is 12.7 Å². The number of fused-ring (bicyclic) bond motifs is 1. The minimum atomic E-state index is -0.303. The quantitative estimate of drug-likeness (QED) is 0.732. The summed E-state index contributed by atoms with van der Waals surface area (Å²) in [6.45, 7) is 1.77. The van der Waals surface area contributed by atoms with E-state index in [-0.39, 0.29) is 11.7 Å². The maximum absolute atomic E-state index is 13.0. The zero-order valence-corrected chi connectivity index (χ0v) is 11.6. The van der Waals surface area contributed by atoms with Gasteiger partial charge in [-0.25, -0.2) is 4.39 Å². The number of carbonyl (C=O) groups is 1. The molecule has 0 unspecified atom stereocenters. The van der Waals surface area contributed by atoms with Gasteiger partial charge in [0.25, 0.3) is 5.91 Å². The van der Waals surface area contributed by atoms with Crippen LogP contribution >= 0.6 is 11.3 Å². The number of nitrogens with one attached hydrogen (secondary N) is 1. The van der Waals surface area contributed by atoms with Crippen LogP contribution < -0.4 is 5.32 Å². The Labute approximate surface area is 119 Å². The van der Waals surface area contributed by atoms with Crippen molar-refractivity contribution in [1.29, 1.82) is 0 Å². The lowest BCUT2D eigenvalue weighted by Crippen LogP contribution is -2.11. The molecular formula is C16H12FNOS. The fraction of sp³-hybridized carbons (Fsp3) is 0.0625. The standard InChI is InChI=1S/C16H12FNOS/c1-10-8-12(17)6-7-13(10)18-16(19)15-9-11-4-2-3-5-14(11)20-15/h2-9H,1H3,(H,18,19). The van der Waals surface area contributed by atoms with E-state index in [0.717, 1.165) is 10.1 Å². The molecule has 100 valence electrons. The molecule has 1 amide bonds. The van der Waals surface area contributed by atoms with Gasteiger partial charge in [-0.2, -0.15) is 0 Å². The minimum Gasteiger partial charge on any atom is -0.321 e. The van der Waals surface area contributed by atoms with Crippen molar-refractivity contribution in [3.63, 3.8) is 0 Å². The van der Waals surface area contributed by atoms with Gasteiger partial charge in [-0.15, -0.1) is 11.3 Å². The highest BCUT2D eigenvalue weighted by Crippen LogP contribution is 2.26. The van der Waals surface area contributed by atoms with Crippen molar-refractivity contribution in [3.05, 3.63) is 64.8 Å². The van der Waals surface area contributed by atoms with E-state index < -0.39 is 0 Å². The predicted molar refractivity (Wildman–Crippen MR) is 80.9 cm³/mol. The molecule has 3 rings (SSSR count). The summed E-state index contributed by atoms with van der Waals surface area (Å²) >= 11 is 1.45. The number of anilines is 1. The lowest BCUT2D eigenvalue weighted by Gasteiger charge is -2.06. The Morgan fingerprint density at radius 2 is 1.95 bits per heavy atom. The largest absolute Gasteiger partial charge is 0.321 e. The maximum atomic E-state index is 13.0. The first-order valence-corrected chi connectivity index (χ1v) is 7.01. The molecule has 4 heteroatoms. The summed E-state index contributed by atoms with van der Waals surface area (Å²) in [7, 11) is 0. The third-order valence-corrected chi connectivity index (χ3v) is 4.20. The first kappa shape index (κ1) is 12.8. The van der Waals surface area contributed by atoms with Gasteiger partial charge in [-0.3, -0.25) is 4.79 Å². The molecule has 0 atom stereocenters. The third kappa shape index (κ3) is 2.42. The SMILES string of the molecule is Cc1cc(F)ccc1NC(=O)c1cc2ccccc2s1. The summed E-state index contributed by atoms with van der Waals surface area (Å²) in [5.41, 5.74) is 1.34. The molecule has 0 aliphatic carbocycles. The molecule has 0 aliphatic rings. The van der Waals surface area contributed by atoms with Gasteiger partial charge in [0.05, 0.1) is 4.88 Å². The van der Waals surface area contributed by atoms with E-state index in [4.69, 9.17) is 0 Å². The van der Waals surface area contributed by atoms with Gasteiger partial charge in [0.1, 0.15) is 5.82 Å². The van der Waals surface area contributed by atoms with E-state index in [9.17, 15) is 9.18 Å². The van der Waals surface area contributed by atoms with Gasteiger partial charge < -0.3 is 5.32 Å². The van der Waals surface area contributed by atoms with Crippen molar-refractivity contribution in [3.8, 4) is 0 Å². The molecule has 2 nitrogen and oxygen atoms in total. The van der Waals surface area contributed by atoms with Gasteiger partial charge in [0.2, 0.25) is 0 Å². The van der Waals surface area contributed by atoms with Crippen LogP contribution in [0.1, 0.15) is 15.2 Å². The summed E-state index contributed by atoms with van der Waals surface area (Å²) in [5, 5.41) is 3.87. The lowest BCUT2D eigenvalue weighted by molar-refractivity contribution is 0.103. The van der Waals surface area contributed by atoms with Gasteiger partial charge >= 0.3 is 0 Å². The summed E-state index contributed by atoms with van der Waals surface area (Å²) in [4.78, 5) is 12.9. The summed E-state index contributed by atoms with van der Waals surface area (Å²) < 4.78 is 14.1. The van der Waals surface area contributed by atoms with Crippen molar-refractivity contribution >= 4 is 33.0 Å². The van der Waals surface area contributed by atoms with Crippen LogP contribution in [-0.4, -0.2) is 5.91 Å². The second kappa shape index (κ2) is 5.06. The zero-order chi connectivity index (χ0) is 14.1. The first-order chi connectivity index (χ1) is 9.63. The normalized spacial score (nSPS) is 10.7. The van der Waals surface area contributed by atoms with Crippen molar-refractivity contribution in [1.82, 2.24) is 0 Å². The highest BCUT2D eigenvalue weighted by atomic mass is 32.1. The second-order valence-electron chi connectivity index (χ2n) is 4.56. The zero-order valence-electron chi connectivity index (χ0n) is 10.8. The van der Waals surface area contributed by atoms with Gasteiger partial charge in [-0.05, 0) is 48.2 Å². The van der Waals surface area contributed by atoms with E-state index in [2.05, 4.69) is 5.32 Å². The Bertz CT molecular complexity index is 761. The van der Waals surface area contributed by atoms with Crippen molar-refractivity contribution in [2.24, 2.45) is 0 Å². The van der Waals surface area contributed by atoms with Crippen LogP contribution in [0.5, 0.6) is 0 Å². The fourth-order valence-corrected chi connectivity index (χ4v) is 3.00.